The van der Waals surface area contributed by atoms with Gasteiger partial charge in [0.2, 0.25) is 0 Å². The summed E-state index contributed by atoms with van der Waals surface area (Å²) in [5, 5.41) is 22.0. The molecule has 4 nitrogen and oxygen atoms in total. The summed E-state index contributed by atoms with van der Waals surface area (Å²) in [5.74, 6) is 0.146. The quantitative estimate of drug-likeness (QED) is 0.576. The van der Waals surface area contributed by atoms with Crippen molar-refractivity contribution in [2.45, 2.75) is 45.6 Å². The average molecular weight is 312 g/mol. The van der Waals surface area contributed by atoms with Crippen molar-refractivity contribution in [3.8, 4) is 11.5 Å². The van der Waals surface area contributed by atoms with Crippen LogP contribution in [0, 0.1) is 11.8 Å². The van der Waals surface area contributed by atoms with Gasteiger partial charge in [-0.25, -0.2) is 0 Å². The van der Waals surface area contributed by atoms with E-state index in [2.05, 4.69) is 19.2 Å². The maximum Gasteiger partial charge on any atom is 0.251 e. The molecule has 1 aromatic carbocycles. The van der Waals surface area contributed by atoms with Crippen LogP contribution in [0.4, 0.5) is 0 Å². The number of hydrogen-bond donors (Lipinski definition) is 3. The molecule has 21 heavy (non-hydrogen) atoms. The number of rotatable bonds is 2. The maximum atomic E-state index is 12.3. The second kappa shape index (κ2) is 6.56. The molecule has 1 fully saturated rings. The highest BCUT2D eigenvalue weighted by atomic mass is 35.5. The number of nitrogens with one attached hydrogen (secondary N) is 1. The van der Waals surface area contributed by atoms with Gasteiger partial charge in [-0.1, -0.05) is 38.3 Å². The lowest BCUT2D eigenvalue weighted by Gasteiger charge is -2.20. The summed E-state index contributed by atoms with van der Waals surface area (Å²) in [4.78, 5) is 12.3. The maximum absolute atomic E-state index is 12.3. The van der Waals surface area contributed by atoms with Crippen molar-refractivity contribution in [1.29, 1.82) is 0 Å². The fraction of sp³-hybridized carbons (Fsp3) is 0.562. The molecule has 116 valence electrons. The van der Waals surface area contributed by atoms with Gasteiger partial charge < -0.3 is 15.5 Å². The van der Waals surface area contributed by atoms with Crippen LogP contribution in [-0.4, -0.2) is 22.2 Å². The van der Waals surface area contributed by atoms with Gasteiger partial charge >= 0.3 is 0 Å². The minimum absolute atomic E-state index is 0.0252. The Labute approximate surface area is 130 Å². The molecule has 1 amide bonds. The molecule has 0 bridgehead atoms. The highest BCUT2D eigenvalue weighted by Gasteiger charge is 2.23. The normalized spacial score (nSPS) is 26.1. The number of halogens is 1. The first-order chi connectivity index (χ1) is 9.86. The first kappa shape index (κ1) is 16.0. The summed E-state index contributed by atoms with van der Waals surface area (Å²) < 4.78 is 0. The number of hydrogen-bond acceptors (Lipinski definition) is 3. The third kappa shape index (κ3) is 4.03. The molecule has 0 heterocycles. The molecule has 3 N–H and O–H groups in total. The summed E-state index contributed by atoms with van der Waals surface area (Å²) in [5.41, 5.74) is 0.264. The molecule has 0 unspecified atom stereocenters. The Hall–Kier alpha value is -1.42. The third-order valence-corrected chi connectivity index (χ3v) is 4.45. The van der Waals surface area contributed by atoms with E-state index in [1.807, 2.05) is 0 Å². The lowest BCUT2D eigenvalue weighted by atomic mass is 9.99. The summed E-state index contributed by atoms with van der Waals surface area (Å²) in [6.07, 6.45) is 4.32. The Kier molecular flexibility index (Phi) is 4.99. The number of carbonyl (C=O) groups excluding carboxylic acids is 1. The smallest absolute Gasteiger partial charge is 0.251 e. The van der Waals surface area contributed by atoms with Gasteiger partial charge in [-0.15, -0.1) is 0 Å². The van der Waals surface area contributed by atoms with Crippen LogP contribution in [0.2, 0.25) is 5.02 Å². The Balaban J connectivity index is 2.10. The summed E-state index contributed by atoms with van der Waals surface area (Å²) in [6.45, 7) is 4.42. The van der Waals surface area contributed by atoms with E-state index in [0.29, 0.717) is 11.8 Å². The molecule has 0 spiro atoms. The van der Waals surface area contributed by atoms with E-state index in [1.165, 1.54) is 25.0 Å². The molecule has 0 radical (unpaired) electrons. The molecule has 1 aliphatic carbocycles. The number of amides is 1. The molecule has 5 heteroatoms. The largest absolute Gasteiger partial charge is 0.504 e. The van der Waals surface area contributed by atoms with Crippen LogP contribution in [0.1, 0.15) is 49.9 Å². The number of carbonyl (C=O) groups is 1. The van der Waals surface area contributed by atoms with E-state index in [4.69, 9.17) is 11.6 Å². The fourth-order valence-electron chi connectivity index (χ4n) is 2.97. The van der Waals surface area contributed by atoms with Crippen molar-refractivity contribution in [1.82, 2.24) is 5.32 Å². The summed E-state index contributed by atoms with van der Waals surface area (Å²) in [6, 6.07) is 2.75. The zero-order valence-corrected chi connectivity index (χ0v) is 13.2. The van der Waals surface area contributed by atoms with Crippen LogP contribution in [0.3, 0.4) is 0 Å². The molecule has 0 aromatic heterocycles. The van der Waals surface area contributed by atoms with Crippen molar-refractivity contribution < 1.29 is 15.0 Å². The number of aromatic hydroxyl groups is 2. The SMILES string of the molecule is C[C@@H]1CC[C@H](C)C[C@@H](NC(=O)c2cc(O)c(O)c(Cl)c2)C1. The van der Waals surface area contributed by atoms with Crippen molar-refractivity contribution in [2.24, 2.45) is 11.8 Å². The molecule has 3 atom stereocenters. The predicted octanol–water partition coefficient (Wildman–Crippen LogP) is 3.70. The van der Waals surface area contributed by atoms with Gasteiger partial charge in [-0.3, -0.25) is 4.79 Å². The Morgan fingerprint density at radius 1 is 1.19 bits per heavy atom. The molecule has 0 aliphatic heterocycles. The monoisotopic (exact) mass is 311 g/mol. The average Bonchev–Trinajstić information content (AvgIpc) is 2.56. The van der Waals surface area contributed by atoms with Crippen LogP contribution in [0.25, 0.3) is 0 Å². The Morgan fingerprint density at radius 3 is 2.29 bits per heavy atom. The number of phenolic OH excluding ortho intramolecular Hbond substituents is 2. The van der Waals surface area contributed by atoms with Gasteiger partial charge in [0.15, 0.2) is 11.5 Å². The second-order valence-corrected chi connectivity index (χ2v) is 6.66. The van der Waals surface area contributed by atoms with Gasteiger partial charge in [0.25, 0.3) is 5.91 Å². The van der Waals surface area contributed by atoms with Gasteiger partial charge in [-0.2, -0.15) is 0 Å². The van der Waals surface area contributed by atoms with E-state index in [0.717, 1.165) is 12.8 Å². The molecule has 1 aromatic rings. The minimum atomic E-state index is -0.398. The van der Waals surface area contributed by atoms with E-state index in [9.17, 15) is 15.0 Å². The Morgan fingerprint density at radius 2 is 1.76 bits per heavy atom. The fourth-order valence-corrected chi connectivity index (χ4v) is 3.19. The van der Waals surface area contributed by atoms with Gasteiger partial charge in [0.05, 0.1) is 5.02 Å². The van der Waals surface area contributed by atoms with Crippen LogP contribution < -0.4 is 5.32 Å². The first-order valence-electron chi connectivity index (χ1n) is 7.39. The standard InChI is InChI=1S/C16H22ClNO3/c1-9-3-4-10(2)6-12(5-9)18-16(21)11-7-13(17)15(20)14(19)8-11/h7-10,12,19-20H,3-6H2,1-2H3,(H,18,21)/t9-,10+,12+. The van der Waals surface area contributed by atoms with E-state index >= 15 is 0 Å². The van der Waals surface area contributed by atoms with Crippen LogP contribution >= 0.6 is 11.6 Å². The third-order valence-electron chi connectivity index (χ3n) is 4.17. The molecule has 1 saturated carbocycles. The molecule has 1 aliphatic rings. The Bertz CT molecular complexity index is 497. The molecule has 0 saturated heterocycles. The van der Waals surface area contributed by atoms with Crippen LogP contribution in [0.15, 0.2) is 12.1 Å². The van der Waals surface area contributed by atoms with E-state index in [-0.39, 0.29) is 28.3 Å². The molecular weight excluding hydrogens is 290 g/mol. The van der Waals surface area contributed by atoms with Crippen LogP contribution in [0.5, 0.6) is 11.5 Å². The summed E-state index contributed by atoms with van der Waals surface area (Å²) in [7, 11) is 0. The topological polar surface area (TPSA) is 69.6 Å². The van der Waals surface area contributed by atoms with Crippen molar-refractivity contribution in [3.05, 3.63) is 22.7 Å². The minimum Gasteiger partial charge on any atom is -0.504 e. The van der Waals surface area contributed by atoms with Crippen molar-refractivity contribution >= 4 is 17.5 Å². The van der Waals surface area contributed by atoms with Crippen molar-refractivity contribution in [3.63, 3.8) is 0 Å². The highest BCUT2D eigenvalue weighted by molar-refractivity contribution is 6.32. The zero-order chi connectivity index (χ0) is 15.6. The predicted molar refractivity (Wildman–Crippen MR) is 82.8 cm³/mol. The second-order valence-electron chi connectivity index (χ2n) is 6.26. The van der Waals surface area contributed by atoms with Crippen molar-refractivity contribution in [2.75, 3.05) is 0 Å². The first-order valence-corrected chi connectivity index (χ1v) is 7.77. The van der Waals surface area contributed by atoms with E-state index in [1.54, 1.807) is 0 Å². The number of phenols is 2. The lowest BCUT2D eigenvalue weighted by Crippen LogP contribution is -2.36. The van der Waals surface area contributed by atoms with Crippen LogP contribution in [-0.2, 0) is 0 Å². The summed E-state index contributed by atoms with van der Waals surface area (Å²) >= 11 is 5.79. The molecule has 2 rings (SSSR count). The zero-order valence-electron chi connectivity index (χ0n) is 12.4. The van der Waals surface area contributed by atoms with Gasteiger partial charge in [-0.05, 0) is 36.8 Å². The highest BCUT2D eigenvalue weighted by Crippen LogP contribution is 2.34. The number of benzene rings is 1. The molecular formula is C16H22ClNO3. The van der Waals surface area contributed by atoms with Gasteiger partial charge in [0.1, 0.15) is 0 Å². The lowest BCUT2D eigenvalue weighted by molar-refractivity contribution is 0.0928. The van der Waals surface area contributed by atoms with E-state index < -0.39 is 5.75 Å². The van der Waals surface area contributed by atoms with Gasteiger partial charge in [0, 0.05) is 11.6 Å².